The van der Waals surface area contributed by atoms with Gasteiger partial charge in [0, 0.05) is 24.4 Å². The summed E-state index contributed by atoms with van der Waals surface area (Å²) in [5.74, 6) is 6.04. The van der Waals surface area contributed by atoms with Gasteiger partial charge in [-0.25, -0.2) is 0 Å². The second kappa shape index (κ2) is 5.34. The predicted octanol–water partition coefficient (Wildman–Crippen LogP) is 1.17. The lowest BCUT2D eigenvalue weighted by molar-refractivity contribution is 0.870. The van der Waals surface area contributed by atoms with Gasteiger partial charge >= 0.3 is 0 Å². The molecule has 0 fully saturated rings. The van der Waals surface area contributed by atoms with Gasteiger partial charge in [-0.05, 0) is 25.1 Å². The van der Waals surface area contributed by atoms with Crippen molar-refractivity contribution in [2.24, 2.45) is 5.73 Å². The molecule has 0 aliphatic carbocycles. The van der Waals surface area contributed by atoms with Gasteiger partial charge in [0.05, 0.1) is 0 Å². The van der Waals surface area contributed by atoms with E-state index in [1.165, 1.54) is 0 Å². The molecule has 0 aliphatic heterocycles. The van der Waals surface area contributed by atoms with E-state index in [2.05, 4.69) is 16.8 Å². The van der Waals surface area contributed by atoms with Crippen molar-refractivity contribution < 1.29 is 0 Å². The first-order chi connectivity index (χ1) is 5.93. The average Bonchev–Trinajstić information content (AvgIpc) is 2.14. The Morgan fingerprint density at radius 3 is 3.08 bits per heavy atom. The van der Waals surface area contributed by atoms with Gasteiger partial charge in [0.1, 0.15) is 0 Å². The number of nitrogens with zero attached hydrogens (tertiary/aromatic N) is 1. The number of rotatable bonds is 2. The highest BCUT2D eigenvalue weighted by atomic mass is 14.6. The molecule has 0 aromatic carbocycles. The third-order valence-electron chi connectivity index (χ3n) is 1.40. The summed E-state index contributed by atoms with van der Waals surface area (Å²) < 4.78 is 0. The zero-order chi connectivity index (χ0) is 8.65. The molecule has 0 amide bonds. The van der Waals surface area contributed by atoms with Gasteiger partial charge < -0.3 is 5.73 Å². The monoisotopic (exact) mass is 160 g/mol. The Morgan fingerprint density at radius 1 is 1.50 bits per heavy atom. The molecule has 2 N–H and O–H groups in total. The Kier molecular flexibility index (Phi) is 3.90. The zero-order valence-corrected chi connectivity index (χ0v) is 6.96. The van der Waals surface area contributed by atoms with Crippen LogP contribution < -0.4 is 5.73 Å². The van der Waals surface area contributed by atoms with E-state index in [4.69, 9.17) is 5.73 Å². The molecular formula is C10H12N2. The van der Waals surface area contributed by atoms with E-state index in [0.29, 0.717) is 6.54 Å². The number of pyridine rings is 1. The van der Waals surface area contributed by atoms with Crippen LogP contribution in [0.5, 0.6) is 0 Å². The maximum absolute atomic E-state index is 5.33. The molecule has 2 heteroatoms. The van der Waals surface area contributed by atoms with E-state index < -0.39 is 0 Å². The smallest absolute Gasteiger partial charge is 0.0428 e. The highest BCUT2D eigenvalue weighted by Crippen LogP contribution is 1.92. The lowest BCUT2D eigenvalue weighted by atomic mass is 10.2. The Labute approximate surface area is 72.8 Å². The molecule has 0 radical (unpaired) electrons. The van der Waals surface area contributed by atoms with Crippen LogP contribution in [-0.4, -0.2) is 11.5 Å². The summed E-state index contributed by atoms with van der Waals surface area (Å²) in [4.78, 5) is 3.96. The van der Waals surface area contributed by atoms with Crippen molar-refractivity contribution in [1.82, 2.24) is 4.98 Å². The Hall–Kier alpha value is -1.33. The molecule has 0 spiro atoms. The van der Waals surface area contributed by atoms with Crippen LogP contribution in [-0.2, 0) is 0 Å². The maximum atomic E-state index is 5.33. The Morgan fingerprint density at radius 2 is 2.42 bits per heavy atom. The predicted molar refractivity (Wildman–Crippen MR) is 49.4 cm³/mol. The minimum Gasteiger partial charge on any atom is -0.330 e. The molecule has 0 saturated heterocycles. The van der Waals surface area contributed by atoms with Crippen molar-refractivity contribution in [1.29, 1.82) is 0 Å². The fourth-order valence-corrected chi connectivity index (χ4v) is 0.792. The lowest BCUT2D eigenvalue weighted by Crippen LogP contribution is -1.96. The molecule has 1 aromatic heterocycles. The molecule has 0 aliphatic rings. The summed E-state index contributed by atoms with van der Waals surface area (Å²) in [5, 5.41) is 0. The minimum atomic E-state index is 0.710. The number of nitrogens with two attached hydrogens (primary N) is 1. The van der Waals surface area contributed by atoms with E-state index >= 15 is 0 Å². The normalized spacial score (nSPS) is 8.75. The zero-order valence-electron chi connectivity index (χ0n) is 6.96. The lowest BCUT2D eigenvalue weighted by Gasteiger charge is -1.86. The Balaban J connectivity index is 2.44. The summed E-state index contributed by atoms with van der Waals surface area (Å²) in [6.07, 6.45) is 5.33. The summed E-state index contributed by atoms with van der Waals surface area (Å²) in [7, 11) is 0. The molecule has 0 bridgehead atoms. The van der Waals surface area contributed by atoms with Crippen molar-refractivity contribution in [3.05, 3.63) is 30.1 Å². The van der Waals surface area contributed by atoms with Crippen molar-refractivity contribution in [3.8, 4) is 11.8 Å². The second-order valence-corrected chi connectivity index (χ2v) is 2.44. The van der Waals surface area contributed by atoms with Crippen LogP contribution in [0.3, 0.4) is 0 Å². The molecule has 1 rings (SSSR count). The van der Waals surface area contributed by atoms with Crippen LogP contribution in [0.4, 0.5) is 0 Å². The SMILES string of the molecule is NCCCC#Cc1cccnc1. The first-order valence-corrected chi connectivity index (χ1v) is 4.02. The first-order valence-electron chi connectivity index (χ1n) is 4.02. The van der Waals surface area contributed by atoms with Gasteiger partial charge in [-0.1, -0.05) is 11.8 Å². The van der Waals surface area contributed by atoms with Crippen molar-refractivity contribution in [2.75, 3.05) is 6.54 Å². The topological polar surface area (TPSA) is 38.9 Å². The minimum absolute atomic E-state index is 0.710. The summed E-state index contributed by atoms with van der Waals surface area (Å²) in [6.45, 7) is 0.710. The number of aromatic nitrogens is 1. The molecule has 12 heavy (non-hydrogen) atoms. The van der Waals surface area contributed by atoms with Gasteiger partial charge in [0.2, 0.25) is 0 Å². The van der Waals surface area contributed by atoms with Gasteiger partial charge in [-0.3, -0.25) is 4.98 Å². The molecule has 0 atom stereocenters. The van der Waals surface area contributed by atoms with Crippen LogP contribution in [0.2, 0.25) is 0 Å². The van der Waals surface area contributed by atoms with Crippen LogP contribution in [0.1, 0.15) is 18.4 Å². The van der Waals surface area contributed by atoms with Crippen LogP contribution in [0.15, 0.2) is 24.5 Å². The maximum Gasteiger partial charge on any atom is 0.0428 e. The second-order valence-electron chi connectivity index (χ2n) is 2.44. The molecule has 1 aromatic rings. The van der Waals surface area contributed by atoms with Crippen molar-refractivity contribution in [2.45, 2.75) is 12.8 Å². The highest BCUT2D eigenvalue weighted by molar-refractivity contribution is 5.30. The van der Waals surface area contributed by atoms with Crippen LogP contribution >= 0.6 is 0 Å². The molecule has 1 heterocycles. The van der Waals surface area contributed by atoms with Gasteiger partial charge in [0.25, 0.3) is 0 Å². The largest absolute Gasteiger partial charge is 0.330 e. The quantitative estimate of drug-likeness (QED) is 0.521. The molecule has 62 valence electrons. The average molecular weight is 160 g/mol. The van der Waals surface area contributed by atoms with Crippen molar-refractivity contribution >= 4 is 0 Å². The summed E-state index contributed by atoms with van der Waals surface area (Å²) in [5.41, 5.74) is 6.30. The standard InChI is InChI=1S/C10H12N2/c11-7-3-1-2-5-10-6-4-8-12-9-10/h4,6,8-9H,1,3,7,11H2. The molecule has 2 nitrogen and oxygen atoms in total. The van der Waals surface area contributed by atoms with E-state index in [9.17, 15) is 0 Å². The van der Waals surface area contributed by atoms with Gasteiger partial charge in [0.15, 0.2) is 0 Å². The van der Waals surface area contributed by atoms with Crippen LogP contribution in [0.25, 0.3) is 0 Å². The van der Waals surface area contributed by atoms with Gasteiger partial charge in [-0.2, -0.15) is 0 Å². The van der Waals surface area contributed by atoms with E-state index in [1.807, 2.05) is 12.1 Å². The molecular weight excluding hydrogens is 148 g/mol. The molecule has 0 saturated carbocycles. The Bertz CT molecular complexity index is 269. The van der Waals surface area contributed by atoms with Crippen molar-refractivity contribution in [3.63, 3.8) is 0 Å². The third-order valence-corrected chi connectivity index (χ3v) is 1.40. The van der Waals surface area contributed by atoms with Crippen LogP contribution in [0, 0.1) is 11.8 Å². The van der Waals surface area contributed by atoms with Gasteiger partial charge in [-0.15, -0.1) is 0 Å². The molecule has 0 unspecified atom stereocenters. The third kappa shape index (κ3) is 3.18. The van der Waals surface area contributed by atoms with E-state index in [1.54, 1.807) is 12.4 Å². The number of hydrogen-bond acceptors (Lipinski definition) is 2. The fourth-order valence-electron chi connectivity index (χ4n) is 0.792. The summed E-state index contributed by atoms with van der Waals surface area (Å²) >= 11 is 0. The highest BCUT2D eigenvalue weighted by Gasteiger charge is 1.81. The van der Waals surface area contributed by atoms with E-state index in [0.717, 1.165) is 18.4 Å². The number of unbranched alkanes of at least 4 members (excludes halogenated alkanes) is 1. The number of hydrogen-bond donors (Lipinski definition) is 1. The first kappa shape index (κ1) is 8.76. The van der Waals surface area contributed by atoms with E-state index in [-0.39, 0.29) is 0 Å². The fraction of sp³-hybridized carbons (Fsp3) is 0.300. The summed E-state index contributed by atoms with van der Waals surface area (Å²) in [6, 6.07) is 3.83.